The quantitative estimate of drug-likeness (QED) is 0.863. The van der Waals surface area contributed by atoms with Crippen LogP contribution in [0.5, 0.6) is 0 Å². The van der Waals surface area contributed by atoms with Crippen molar-refractivity contribution < 1.29 is 4.42 Å². The van der Waals surface area contributed by atoms with Gasteiger partial charge in [-0.1, -0.05) is 32.9 Å². The number of aryl methyl sites for hydroxylation is 2. The van der Waals surface area contributed by atoms with Gasteiger partial charge in [0, 0.05) is 10.9 Å². The zero-order chi connectivity index (χ0) is 13.5. The van der Waals surface area contributed by atoms with E-state index < -0.39 is 0 Å². The minimum Gasteiger partial charge on any atom is -0.459 e. The predicted molar refractivity (Wildman–Crippen MR) is 77.2 cm³/mol. The Labute approximate surface area is 109 Å². The number of hydrogen-bond acceptors (Lipinski definition) is 2. The summed E-state index contributed by atoms with van der Waals surface area (Å²) in [6, 6.07) is 4.40. The fraction of sp³-hybridized carbons (Fsp3) is 0.500. The van der Waals surface area contributed by atoms with Crippen LogP contribution in [0.4, 0.5) is 0 Å². The van der Waals surface area contributed by atoms with Gasteiger partial charge >= 0.3 is 0 Å². The maximum absolute atomic E-state index is 6.12. The minimum atomic E-state index is 0.104. The largest absolute Gasteiger partial charge is 0.459 e. The Bertz CT molecular complexity index is 573. The summed E-state index contributed by atoms with van der Waals surface area (Å²) < 4.78 is 6.12. The summed E-state index contributed by atoms with van der Waals surface area (Å²) in [6.45, 7) is 11.8. The van der Waals surface area contributed by atoms with Gasteiger partial charge in [-0.15, -0.1) is 0 Å². The minimum absolute atomic E-state index is 0.104. The van der Waals surface area contributed by atoms with E-state index in [9.17, 15) is 0 Å². The van der Waals surface area contributed by atoms with Gasteiger partial charge in [-0.05, 0) is 37.4 Å². The van der Waals surface area contributed by atoms with Crippen LogP contribution in [-0.4, -0.2) is 7.05 Å². The monoisotopic (exact) mass is 245 g/mol. The number of furan rings is 1. The highest BCUT2D eigenvalue weighted by molar-refractivity contribution is 5.88. The fourth-order valence-electron chi connectivity index (χ4n) is 2.51. The first-order chi connectivity index (χ1) is 8.36. The van der Waals surface area contributed by atoms with Crippen LogP contribution in [0.3, 0.4) is 0 Å². The van der Waals surface area contributed by atoms with Crippen LogP contribution < -0.4 is 5.32 Å². The van der Waals surface area contributed by atoms with Crippen LogP contribution in [0.1, 0.15) is 43.2 Å². The third kappa shape index (κ3) is 2.05. The van der Waals surface area contributed by atoms with Crippen molar-refractivity contribution >= 4 is 11.0 Å². The molecule has 0 spiro atoms. The van der Waals surface area contributed by atoms with E-state index in [1.54, 1.807) is 0 Å². The molecule has 1 heterocycles. The second-order valence-electron chi connectivity index (χ2n) is 6.06. The third-order valence-electron chi connectivity index (χ3n) is 3.53. The van der Waals surface area contributed by atoms with E-state index in [2.05, 4.69) is 52.1 Å². The Balaban J connectivity index is 2.78. The summed E-state index contributed by atoms with van der Waals surface area (Å²) >= 11 is 0. The number of fused-ring (bicyclic) bond motifs is 1. The molecule has 1 aromatic carbocycles. The average Bonchev–Trinajstić information content (AvgIpc) is 2.56. The summed E-state index contributed by atoms with van der Waals surface area (Å²) in [5, 5.41) is 4.45. The first kappa shape index (κ1) is 13.2. The van der Waals surface area contributed by atoms with Crippen molar-refractivity contribution in [3.05, 3.63) is 34.6 Å². The molecule has 0 aliphatic rings. The molecule has 18 heavy (non-hydrogen) atoms. The lowest BCUT2D eigenvalue weighted by Crippen LogP contribution is -2.11. The molecule has 1 N–H and O–H groups in total. The summed E-state index contributed by atoms with van der Waals surface area (Å²) in [7, 11) is 1.95. The SMILES string of the molecule is CNCc1oc2c(C(C)(C)C)ccc(C)c2c1C. The van der Waals surface area contributed by atoms with Gasteiger partial charge in [0.2, 0.25) is 0 Å². The normalized spacial score (nSPS) is 12.3. The molecule has 0 aliphatic carbocycles. The van der Waals surface area contributed by atoms with Gasteiger partial charge in [-0.2, -0.15) is 0 Å². The lowest BCUT2D eigenvalue weighted by atomic mass is 9.85. The fourth-order valence-corrected chi connectivity index (χ4v) is 2.51. The molecule has 1 aromatic heterocycles. The second-order valence-corrected chi connectivity index (χ2v) is 6.06. The van der Waals surface area contributed by atoms with Crippen LogP contribution in [0, 0.1) is 13.8 Å². The molecule has 0 radical (unpaired) electrons. The summed E-state index contributed by atoms with van der Waals surface area (Å²) in [5.41, 5.74) is 5.01. The highest BCUT2D eigenvalue weighted by Gasteiger charge is 2.22. The zero-order valence-electron chi connectivity index (χ0n) is 12.3. The maximum atomic E-state index is 6.12. The Morgan fingerprint density at radius 2 is 1.83 bits per heavy atom. The molecule has 2 heteroatoms. The highest BCUT2D eigenvalue weighted by Crippen LogP contribution is 2.36. The van der Waals surface area contributed by atoms with Crippen LogP contribution in [-0.2, 0) is 12.0 Å². The van der Waals surface area contributed by atoms with E-state index in [-0.39, 0.29) is 5.41 Å². The number of rotatable bonds is 2. The molecule has 0 fully saturated rings. The molecule has 2 rings (SSSR count). The van der Waals surface area contributed by atoms with E-state index in [0.717, 1.165) is 17.9 Å². The van der Waals surface area contributed by atoms with Crippen molar-refractivity contribution in [2.24, 2.45) is 0 Å². The summed E-state index contributed by atoms with van der Waals surface area (Å²) in [4.78, 5) is 0. The predicted octanol–water partition coefficient (Wildman–Crippen LogP) is 4.07. The van der Waals surface area contributed by atoms with Gasteiger partial charge in [0.15, 0.2) is 0 Å². The van der Waals surface area contributed by atoms with Crippen molar-refractivity contribution in [2.75, 3.05) is 7.05 Å². The molecular weight excluding hydrogens is 222 g/mol. The number of hydrogen-bond donors (Lipinski definition) is 1. The van der Waals surface area contributed by atoms with Crippen molar-refractivity contribution in [1.29, 1.82) is 0 Å². The van der Waals surface area contributed by atoms with Crippen LogP contribution in [0.25, 0.3) is 11.0 Å². The zero-order valence-corrected chi connectivity index (χ0v) is 12.3. The molecule has 0 saturated carbocycles. The molecule has 0 aliphatic heterocycles. The first-order valence-corrected chi connectivity index (χ1v) is 6.53. The summed E-state index contributed by atoms with van der Waals surface area (Å²) in [5.74, 6) is 1.05. The average molecular weight is 245 g/mol. The van der Waals surface area contributed by atoms with Gasteiger partial charge in [0.05, 0.1) is 6.54 Å². The van der Waals surface area contributed by atoms with Crippen molar-refractivity contribution in [1.82, 2.24) is 5.32 Å². The van der Waals surface area contributed by atoms with Crippen molar-refractivity contribution in [3.63, 3.8) is 0 Å². The molecule has 0 bridgehead atoms. The maximum Gasteiger partial charge on any atom is 0.138 e. The van der Waals surface area contributed by atoms with Crippen LogP contribution in [0.15, 0.2) is 16.5 Å². The topological polar surface area (TPSA) is 25.2 Å². The second kappa shape index (κ2) is 4.43. The number of nitrogens with one attached hydrogen (secondary N) is 1. The van der Waals surface area contributed by atoms with E-state index in [1.165, 1.54) is 22.1 Å². The number of benzene rings is 1. The molecule has 98 valence electrons. The Hall–Kier alpha value is -1.28. The molecule has 0 amide bonds. The lowest BCUT2D eigenvalue weighted by molar-refractivity contribution is 0.510. The van der Waals surface area contributed by atoms with E-state index in [1.807, 2.05) is 7.05 Å². The smallest absolute Gasteiger partial charge is 0.138 e. The third-order valence-corrected chi connectivity index (χ3v) is 3.53. The van der Waals surface area contributed by atoms with Gasteiger partial charge in [0.25, 0.3) is 0 Å². The van der Waals surface area contributed by atoms with E-state index >= 15 is 0 Å². The molecule has 0 saturated heterocycles. The Morgan fingerprint density at radius 1 is 1.17 bits per heavy atom. The molecule has 2 nitrogen and oxygen atoms in total. The van der Waals surface area contributed by atoms with Crippen LogP contribution in [0.2, 0.25) is 0 Å². The lowest BCUT2D eigenvalue weighted by Gasteiger charge is -2.19. The molecule has 2 aromatic rings. The van der Waals surface area contributed by atoms with Crippen molar-refractivity contribution in [3.8, 4) is 0 Å². The van der Waals surface area contributed by atoms with E-state index in [4.69, 9.17) is 4.42 Å². The van der Waals surface area contributed by atoms with E-state index in [0.29, 0.717) is 0 Å². The Morgan fingerprint density at radius 3 is 2.39 bits per heavy atom. The van der Waals surface area contributed by atoms with Gasteiger partial charge in [-0.25, -0.2) is 0 Å². The van der Waals surface area contributed by atoms with Crippen molar-refractivity contribution in [2.45, 2.75) is 46.6 Å². The van der Waals surface area contributed by atoms with Gasteiger partial charge < -0.3 is 9.73 Å². The van der Waals surface area contributed by atoms with Crippen LogP contribution >= 0.6 is 0 Å². The molecule has 0 unspecified atom stereocenters. The summed E-state index contributed by atoms with van der Waals surface area (Å²) in [6.07, 6.45) is 0. The first-order valence-electron chi connectivity index (χ1n) is 6.53. The highest BCUT2D eigenvalue weighted by atomic mass is 16.3. The molecular formula is C16H23NO. The Kier molecular flexibility index (Phi) is 3.24. The van der Waals surface area contributed by atoms with Gasteiger partial charge in [-0.3, -0.25) is 0 Å². The standard InChI is InChI=1S/C16H23NO/c1-10-7-8-12(16(3,4)5)15-14(10)11(2)13(18-15)9-17-6/h7-8,17H,9H2,1-6H3. The molecule has 0 atom stereocenters. The van der Waals surface area contributed by atoms with Gasteiger partial charge in [0.1, 0.15) is 11.3 Å².